The summed E-state index contributed by atoms with van der Waals surface area (Å²) in [6, 6.07) is 8.89. The molecular weight excluding hydrogens is 344 g/mol. The molecule has 0 saturated carbocycles. The van der Waals surface area contributed by atoms with Crippen molar-refractivity contribution >= 4 is 17.3 Å². The summed E-state index contributed by atoms with van der Waals surface area (Å²) < 4.78 is 2.19. The van der Waals surface area contributed by atoms with Gasteiger partial charge in [0.2, 0.25) is 0 Å². The van der Waals surface area contributed by atoms with Crippen LogP contribution in [0.1, 0.15) is 41.6 Å². The molecule has 0 unspecified atom stereocenters. The number of benzene rings is 1. The largest absolute Gasteiger partial charge is 0.368 e. The van der Waals surface area contributed by atoms with Crippen LogP contribution in [0, 0.1) is 24.0 Å². The van der Waals surface area contributed by atoms with Crippen molar-refractivity contribution in [1.29, 1.82) is 0 Å². The fraction of sp³-hybridized carbons (Fsp3) is 0.450. The third-order valence-electron chi connectivity index (χ3n) is 5.22. The minimum absolute atomic E-state index is 0.0818. The molecule has 0 N–H and O–H groups in total. The average molecular weight is 370 g/mol. The number of rotatable bonds is 4. The Kier molecular flexibility index (Phi) is 5.21. The lowest BCUT2D eigenvalue weighted by atomic mass is 10.2. The lowest BCUT2D eigenvalue weighted by Crippen LogP contribution is -2.48. The molecule has 1 aromatic heterocycles. The summed E-state index contributed by atoms with van der Waals surface area (Å²) in [4.78, 5) is 27.4. The molecule has 7 nitrogen and oxygen atoms in total. The molecule has 1 aliphatic rings. The Morgan fingerprint density at radius 2 is 1.67 bits per heavy atom. The second-order valence-electron chi connectivity index (χ2n) is 7.30. The highest BCUT2D eigenvalue weighted by Gasteiger charge is 2.26. The molecule has 2 aromatic rings. The summed E-state index contributed by atoms with van der Waals surface area (Å²) in [5.41, 5.74) is 3.95. The van der Waals surface area contributed by atoms with Crippen LogP contribution in [0.4, 0.5) is 11.4 Å². The molecule has 7 heteroatoms. The zero-order valence-electron chi connectivity index (χ0n) is 16.3. The van der Waals surface area contributed by atoms with E-state index in [0.717, 1.165) is 22.6 Å². The minimum atomic E-state index is -0.395. The van der Waals surface area contributed by atoms with Gasteiger partial charge in [0.05, 0.1) is 10.5 Å². The van der Waals surface area contributed by atoms with Gasteiger partial charge in [-0.1, -0.05) is 0 Å². The average Bonchev–Trinajstić information content (AvgIpc) is 2.95. The molecule has 2 heterocycles. The van der Waals surface area contributed by atoms with Crippen molar-refractivity contribution in [3.63, 3.8) is 0 Å². The molecule has 0 radical (unpaired) electrons. The molecule has 27 heavy (non-hydrogen) atoms. The highest BCUT2D eigenvalue weighted by atomic mass is 16.6. The lowest BCUT2D eigenvalue weighted by molar-refractivity contribution is -0.384. The van der Waals surface area contributed by atoms with Crippen LogP contribution in [0.25, 0.3) is 0 Å². The third-order valence-corrected chi connectivity index (χ3v) is 5.22. The minimum Gasteiger partial charge on any atom is -0.368 e. The van der Waals surface area contributed by atoms with Crippen molar-refractivity contribution in [3.05, 3.63) is 57.4 Å². The van der Waals surface area contributed by atoms with Gasteiger partial charge in [-0.15, -0.1) is 0 Å². The molecule has 0 spiro atoms. The number of nitrogens with zero attached hydrogens (tertiary/aromatic N) is 4. The topological polar surface area (TPSA) is 71.6 Å². The van der Waals surface area contributed by atoms with Gasteiger partial charge in [0.1, 0.15) is 0 Å². The molecule has 1 aromatic carbocycles. The Balaban J connectivity index is 1.68. The van der Waals surface area contributed by atoms with Crippen molar-refractivity contribution < 1.29 is 9.72 Å². The lowest BCUT2D eigenvalue weighted by Gasteiger charge is -2.36. The quantitative estimate of drug-likeness (QED) is 0.609. The van der Waals surface area contributed by atoms with E-state index in [1.165, 1.54) is 12.1 Å². The summed E-state index contributed by atoms with van der Waals surface area (Å²) in [5.74, 6) is 0.0818. The van der Waals surface area contributed by atoms with Crippen molar-refractivity contribution in [2.24, 2.45) is 0 Å². The Morgan fingerprint density at radius 3 is 2.15 bits per heavy atom. The van der Waals surface area contributed by atoms with Crippen LogP contribution in [0.15, 0.2) is 30.3 Å². The smallest absolute Gasteiger partial charge is 0.269 e. The van der Waals surface area contributed by atoms with Crippen molar-refractivity contribution in [2.45, 2.75) is 33.7 Å². The maximum atomic E-state index is 13.0. The molecule has 0 atom stereocenters. The summed E-state index contributed by atoms with van der Waals surface area (Å²) >= 11 is 0. The van der Waals surface area contributed by atoms with E-state index in [1.807, 2.05) is 24.8 Å². The fourth-order valence-electron chi connectivity index (χ4n) is 3.91. The van der Waals surface area contributed by atoms with Crippen molar-refractivity contribution in [2.75, 3.05) is 31.1 Å². The summed E-state index contributed by atoms with van der Waals surface area (Å²) in [6.45, 7) is 11.0. The first-order valence-corrected chi connectivity index (χ1v) is 9.26. The van der Waals surface area contributed by atoms with Gasteiger partial charge >= 0.3 is 0 Å². The van der Waals surface area contributed by atoms with Crippen LogP contribution in [-0.4, -0.2) is 46.5 Å². The Hall–Kier alpha value is -2.83. The molecule has 1 fully saturated rings. The number of anilines is 1. The summed E-state index contributed by atoms with van der Waals surface area (Å²) in [5, 5.41) is 10.8. The number of carbonyl (C=O) groups excluding carboxylic acids is 1. The van der Waals surface area contributed by atoms with E-state index in [1.54, 1.807) is 12.1 Å². The van der Waals surface area contributed by atoms with Crippen LogP contribution in [0.2, 0.25) is 0 Å². The molecular formula is C20H26N4O3. The van der Waals surface area contributed by atoms with Gasteiger partial charge in [0.15, 0.2) is 0 Å². The van der Waals surface area contributed by atoms with Gasteiger partial charge in [-0.25, -0.2) is 0 Å². The van der Waals surface area contributed by atoms with Crippen LogP contribution in [0.3, 0.4) is 0 Å². The van der Waals surface area contributed by atoms with E-state index < -0.39 is 4.92 Å². The number of nitro benzene ring substituents is 1. The maximum absolute atomic E-state index is 13.0. The normalized spacial score (nSPS) is 14.7. The van der Waals surface area contributed by atoms with E-state index in [0.29, 0.717) is 32.2 Å². The van der Waals surface area contributed by atoms with Crippen LogP contribution in [-0.2, 0) is 0 Å². The van der Waals surface area contributed by atoms with Gasteiger partial charge in [-0.05, 0) is 45.9 Å². The van der Waals surface area contributed by atoms with E-state index in [9.17, 15) is 14.9 Å². The van der Waals surface area contributed by atoms with E-state index in [4.69, 9.17) is 0 Å². The van der Waals surface area contributed by atoms with Gasteiger partial charge in [-0.2, -0.15) is 0 Å². The van der Waals surface area contributed by atoms with Gasteiger partial charge in [-0.3, -0.25) is 14.9 Å². The number of aromatic nitrogens is 1. The summed E-state index contributed by atoms with van der Waals surface area (Å²) in [7, 11) is 0. The zero-order valence-corrected chi connectivity index (χ0v) is 16.3. The molecule has 0 bridgehead atoms. The van der Waals surface area contributed by atoms with E-state index in [2.05, 4.69) is 23.3 Å². The van der Waals surface area contributed by atoms with Crippen molar-refractivity contribution in [1.82, 2.24) is 9.47 Å². The van der Waals surface area contributed by atoms with Crippen LogP contribution >= 0.6 is 0 Å². The molecule has 1 saturated heterocycles. The molecule has 3 rings (SSSR count). The van der Waals surface area contributed by atoms with Gasteiger partial charge in [0.25, 0.3) is 11.6 Å². The van der Waals surface area contributed by atoms with E-state index >= 15 is 0 Å². The molecule has 1 amide bonds. The number of hydrogen-bond acceptors (Lipinski definition) is 4. The Morgan fingerprint density at radius 1 is 1.07 bits per heavy atom. The highest BCUT2D eigenvalue weighted by Crippen LogP contribution is 2.24. The Labute approximate surface area is 159 Å². The second-order valence-corrected chi connectivity index (χ2v) is 7.30. The summed E-state index contributed by atoms with van der Waals surface area (Å²) in [6.07, 6.45) is 0. The first-order chi connectivity index (χ1) is 12.8. The Bertz CT molecular complexity index is 847. The standard InChI is InChI=1S/C20H26N4O3/c1-14(2)23-15(3)13-19(16(23)4)20(25)22-11-9-21(10-12-22)17-5-7-18(8-6-17)24(26)27/h5-8,13-14H,9-12H2,1-4H3. The molecule has 0 aliphatic carbocycles. The number of carbonyl (C=O) groups is 1. The van der Waals surface area contributed by atoms with Crippen LogP contribution in [0.5, 0.6) is 0 Å². The predicted octanol–water partition coefficient (Wildman–Crippen LogP) is 3.56. The number of amides is 1. The second kappa shape index (κ2) is 7.42. The third kappa shape index (κ3) is 3.67. The number of non-ortho nitro benzene ring substituents is 1. The number of nitro groups is 1. The van der Waals surface area contributed by atoms with E-state index in [-0.39, 0.29) is 11.6 Å². The zero-order chi connectivity index (χ0) is 19.7. The number of piperazine rings is 1. The first-order valence-electron chi connectivity index (χ1n) is 9.26. The SMILES string of the molecule is Cc1cc(C(=O)N2CCN(c3ccc([N+](=O)[O-])cc3)CC2)c(C)n1C(C)C. The van der Waals surface area contributed by atoms with Crippen molar-refractivity contribution in [3.8, 4) is 0 Å². The number of aryl methyl sites for hydroxylation is 1. The predicted molar refractivity (Wildman–Crippen MR) is 106 cm³/mol. The van der Waals surface area contributed by atoms with Crippen LogP contribution < -0.4 is 4.90 Å². The fourth-order valence-corrected chi connectivity index (χ4v) is 3.91. The number of hydrogen-bond donors (Lipinski definition) is 0. The molecule has 144 valence electrons. The first kappa shape index (κ1) is 18.9. The van der Waals surface area contributed by atoms with Gasteiger partial charge < -0.3 is 14.4 Å². The van der Waals surface area contributed by atoms with Gasteiger partial charge in [0, 0.05) is 61.4 Å². The highest BCUT2D eigenvalue weighted by molar-refractivity contribution is 5.96. The monoisotopic (exact) mass is 370 g/mol. The maximum Gasteiger partial charge on any atom is 0.269 e. The molecule has 1 aliphatic heterocycles.